The van der Waals surface area contributed by atoms with Crippen LogP contribution >= 0.6 is 15.9 Å². The Balaban J connectivity index is 1.62. The van der Waals surface area contributed by atoms with E-state index in [-0.39, 0.29) is 0 Å². The standard InChI is InChI=1S/C14H19BrN2/c1-9-4-5-16-14(13(9)15)17-8-12-7-10-2-3-11(12)6-10/h4-5,10-12H,2-3,6-8H2,1H3,(H,16,17). The predicted molar refractivity (Wildman–Crippen MR) is 74.1 cm³/mol. The Bertz CT molecular complexity index is 419. The fourth-order valence-electron chi connectivity index (χ4n) is 3.52. The first-order chi connectivity index (χ1) is 8.24. The minimum Gasteiger partial charge on any atom is -0.369 e. The first-order valence-corrected chi connectivity index (χ1v) is 7.38. The van der Waals surface area contributed by atoms with Gasteiger partial charge in [0.15, 0.2) is 0 Å². The lowest BCUT2D eigenvalue weighted by atomic mass is 9.89. The molecular formula is C14H19BrN2. The Kier molecular flexibility index (Phi) is 3.12. The van der Waals surface area contributed by atoms with Crippen molar-refractivity contribution in [2.45, 2.75) is 32.6 Å². The second-order valence-corrected chi connectivity index (χ2v) is 6.40. The molecule has 1 aromatic heterocycles. The number of nitrogens with one attached hydrogen (secondary N) is 1. The molecule has 0 aliphatic heterocycles. The third-order valence-electron chi connectivity index (χ3n) is 4.50. The van der Waals surface area contributed by atoms with E-state index in [1.54, 1.807) is 0 Å². The van der Waals surface area contributed by atoms with E-state index in [0.717, 1.165) is 34.6 Å². The van der Waals surface area contributed by atoms with Gasteiger partial charge in [0.1, 0.15) is 5.82 Å². The molecule has 1 heterocycles. The molecule has 3 rings (SSSR count). The van der Waals surface area contributed by atoms with Gasteiger partial charge < -0.3 is 5.32 Å². The molecule has 2 saturated carbocycles. The van der Waals surface area contributed by atoms with Crippen molar-refractivity contribution in [3.63, 3.8) is 0 Å². The van der Waals surface area contributed by atoms with Crippen molar-refractivity contribution >= 4 is 21.7 Å². The van der Waals surface area contributed by atoms with Crippen LogP contribution < -0.4 is 5.32 Å². The summed E-state index contributed by atoms with van der Waals surface area (Å²) in [7, 11) is 0. The zero-order valence-electron chi connectivity index (χ0n) is 10.2. The molecule has 0 aromatic carbocycles. The number of hydrogen-bond donors (Lipinski definition) is 1. The first kappa shape index (κ1) is 11.5. The molecule has 17 heavy (non-hydrogen) atoms. The summed E-state index contributed by atoms with van der Waals surface area (Å²) in [5, 5.41) is 3.52. The lowest BCUT2D eigenvalue weighted by molar-refractivity contribution is 0.348. The van der Waals surface area contributed by atoms with E-state index in [1.165, 1.54) is 31.2 Å². The summed E-state index contributed by atoms with van der Waals surface area (Å²) >= 11 is 3.61. The summed E-state index contributed by atoms with van der Waals surface area (Å²) in [6.45, 7) is 3.20. The number of rotatable bonds is 3. The number of halogens is 1. The summed E-state index contributed by atoms with van der Waals surface area (Å²) in [5.74, 6) is 3.90. The van der Waals surface area contributed by atoms with E-state index in [0.29, 0.717) is 0 Å². The normalized spacial score (nSPS) is 30.8. The van der Waals surface area contributed by atoms with Gasteiger partial charge in [0.25, 0.3) is 0 Å². The largest absolute Gasteiger partial charge is 0.369 e. The van der Waals surface area contributed by atoms with E-state index >= 15 is 0 Å². The Morgan fingerprint density at radius 2 is 2.29 bits per heavy atom. The van der Waals surface area contributed by atoms with E-state index in [4.69, 9.17) is 0 Å². The van der Waals surface area contributed by atoms with Crippen molar-refractivity contribution in [3.8, 4) is 0 Å². The average Bonchev–Trinajstić information content (AvgIpc) is 2.93. The lowest BCUT2D eigenvalue weighted by Crippen LogP contribution is -2.20. The fourth-order valence-corrected chi connectivity index (χ4v) is 3.89. The molecule has 0 amide bonds. The van der Waals surface area contributed by atoms with Crippen LogP contribution in [0, 0.1) is 24.7 Å². The van der Waals surface area contributed by atoms with Crippen LogP contribution in [0.3, 0.4) is 0 Å². The molecule has 3 unspecified atom stereocenters. The van der Waals surface area contributed by atoms with Crippen LogP contribution in [0.5, 0.6) is 0 Å². The van der Waals surface area contributed by atoms with Crippen LogP contribution in [0.15, 0.2) is 16.7 Å². The van der Waals surface area contributed by atoms with Crippen molar-refractivity contribution in [1.82, 2.24) is 4.98 Å². The number of nitrogens with zero attached hydrogens (tertiary/aromatic N) is 1. The zero-order valence-corrected chi connectivity index (χ0v) is 11.8. The molecule has 3 atom stereocenters. The van der Waals surface area contributed by atoms with Crippen LogP contribution in [0.25, 0.3) is 0 Å². The monoisotopic (exact) mass is 294 g/mol. The zero-order chi connectivity index (χ0) is 11.8. The highest BCUT2D eigenvalue weighted by molar-refractivity contribution is 9.10. The molecule has 0 radical (unpaired) electrons. The highest BCUT2D eigenvalue weighted by Crippen LogP contribution is 2.48. The molecule has 2 aliphatic carbocycles. The van der Waals surface area contributed by atoms with Gasteiger partial charge in [-0.15, -0.1) is 0 Å². The van der Waals surface area contributed by atoms with E-state index in [9.17, 15) is 0 Å². The van der Waals surface area contributed by atoms with E-state index < -0.39 is 0 Å². The van der Waals surface area contributed by atoms with Crippen molar-refractivity contribution in [3.05, 3.63) is 22.3 Å². The molecule has 2 bridgehead atoms. The molecule has 2 aliphatic rings. The number of anilines is 1. The molecule has 2 nitrogen and oxygen atoms in total. The van der Waals surface area contributed by atoms with Crippen LogP contribution in [-0.4, -0.2) is 11.5 Å². The Hall–Kier alpha value is -0.570. The third-order valence-corrected chi connectivity index (χ3v) is 5.50. The summed E-state index contributed by atoms with van der Waals surface area (Å²) < 4.78 is 1.11. The maximum Gasteiger partial charge on any atom is 0.140 e. The highest BCUT2D eigenvalue weighted by Gasteiger charge is 2.39. The fraction of sp³-hybridized carbons (Fsp3) is 0.643. The average molecular weight is 295 g/mol. The third kappa shape index (κ3) is 2.22. The van der Waals surface area contributed by atoms with Gasteiger partial charge in [-0.05, 0) is 71.5 Å². The maximum absolute atomic E-state index is 4.40. The summed E-state index contributed by atoms with van der Waals surface area (Å²) in [5.41, 5.74) is 1.25. The van der Waals surface area contributed by atoms with Gasteiger partial charge in [-0.2, -0.15) is 0 Å². The second-order valence-electron chi connectivity index (χ2n) is 5.61. The highest BCUT2D eigenvalue weighted by atomic mass is 79.9. The molecule has 0 spiro atoms. The SMILES string of the molecule is Cc1ccnc(NCC2CC3CCC2C3)c1Br. The quantitative estimate of drug-likeness (QED) is 0.911. The van der Waals surface area contributed by atoms with Crippen molar-refractivity contribution in [2.75, 3.05) is 11.9 Å². The minimum atomic E-state index is 0.878. The topological polar surface area (TPSA) is 24.9 Å². The molecule has 3 heteroatoms. The van der Waals surface area contributed by atoms with Gasteiger partial charge in [-0.3, -0.25) is 0 Å². The molecule has 1 N–H and O–H groups in total. The predicted octanol–water partition coefficient (Wildman–Crippen LogP) is 4.00. The van der Waals surface area contributed by atoms with E-state index in [1.807, 2.05) is 12.3 Å². The summed E-state index contributed by atoms with van der Waals surface area (Å²) in [4.78, 5) is 4.40. The van der Waals surface area contributed by atoms with Gasteiger partial charge in [0.2, 0.25) is 0 Å². The minimum absolute atomic E-state index is 0.878. The summed E-state index contributed by atoms with van der Waals surface area (Å²) in [6.07, 6.45) is 7.73. The van der Waals surface area contributed by atoms with Gasteiger partial charge in [-0.25, -0.2) is 4.98 Å². The Labute approximate surface area is 111 Å². The first-order valence-electron chi connectivity index (χ1n) is 6.59. The Morgan fingerprint density at radius 3 is 3.00 bits per heavy atom. The number of aryl methyl sites for hydroxylation is 1. The smallest absolute Gasteiger partial charge is 0.140 e. The Morgan fingerprint density at radius 1 is 1.41 bits per heavy atom. The second kappa shape index (κ2) is 4.60. The number of pyridine rings is 1. The number of fused-ring (bicyclic) bond motifs is 2. The number of aromatic nitrogens is 1. The lowest BCUT2D eigenvalue weighted by Gasteiger charge is -2.22. The van der Waals surface area contributed by atoms with E-state index in [2.05, 4.69) is 33.2 Å². The van der Waals surface area contributed by atoms with Crippen molar-refractivity contribution in [1.29, 1.82) is 0 Å². The van der Waals surface area contributed by atoms with Crippen LogP contribution in [0.2, 0.25) is 0 Å². The molecule has 92 valence electrons. The molecule has 2 fully saturated rings. The van der Waals surface area contributed by atoms with Crippen LogP contribution in [0.4, 0.5) is 5.82 Å². The van der Waals surface area contributed by atoms with Gasteiger partial charge in [0, 0.05) is 12.7 Å². The molecule has 1 aromatic rings. The van der Waals surface area contributed by atoms with Crippen LogP contribution in [0.1, 0.15) is 31.2 Å². The molecular weight excluding hydrogens is 276 g/mol. The van der Waals surface area contributed by atoms with Crippen molar-refractivity contribution < 1.29 is 0 Å². The van der Waals surface area contributed by atoms with Gasteiger partial charge in [0.05, 0.1) is 4.47 Å². The summed E-state index contributed by atoms with van der Waals surface area (Å²) in [6, 6.07) is 2.03. The van der Waals surface area contributed by atoms with Gasteiger partial charge in [-0.1, -0.05) is 6.42 Å². The maximum atomic E-state index is 4.40. The van der Waals surface area contributed by atoms with Gasteiger partial charge >= 0.3 is 0 Å². The number of hydrogen-bond acceptors (Lipinski definition) is 2. The van der Waals surface area contributed by atoms with Crippen LogP contribution in [-0.2, 0) is 0 Å². The molecule has 0 saturated heterocycles. The van der Waals surface area contributed by atoms with Crippen molar-refractivity contribution in [2.24, 2.45) is 17.8 Å².